The van der Waals surface area contributed by atoms with E-state index >= 15 is 0 Å². The van der Waals surface area contributed by atoms with Crippen LogP contribution in [0.1, 0.15) is 25.0 Å². The Labute approximate surface area is 132 Å². The highest BCUT2D eigenvalue weighted by molar-refractivity contribution is 7.80. The van der Waals surface area contributed by atoms with E-state index in [-0.39, 0.29) is 0 Å². The summed E-state index contributed by atoms with van der Waals surface area (Å²) in [7, 11) is 0. The van der Waals surface area contributed by atoms with Crippen molar-refractivity contribution in [1.29, 1.82) is 0 Å². The maximum atomic E-state index is 5.58. The lowest BCUT2D eigenvalue weighted by Gasteiger charge is -2.27. The summed E-state index contributed by atoms with van der Waals surface area (Å²) >= 11 is 5.58. The SMILES string of the molecule is Cc1ccc(N(Cc2ccccc2)C(=S)NC(C)C)cc1. The number of aryl methyl sites for hydroxylation is 1. The summed E-state index contributed by atoms with van der Waals surface area (Å²) in [5.74, 6) is 0. The molecule has 1 N–H and O–H groups in total. The summed E-state index contributed by atoms with van der Waals surface area (Å²) < 4.78 is 0. The number of thiocarbonyl (C=S) groups is 1. The van der Waals surface area contributed by atoms with Gasteiger partial charge >= 0.3 is 0 Å². The second-order valence-corrected chi connectivity index (χ2v) is 5.90. The average Bonchev–Trinajstić information content (AvgIpc) is 2.46. The normalized spacial score (nSPS) is 10.5. The third-order valence-electron chi connectivity index (χ3n) is 3.19. The van der Waals surface area contributed by atoms with Gasteiger partial charge in [0.05, 0.1) is 6.54 Å². The molecule has 2 rings (SSSR count). The van der Waals surface area contributed by atoms with Gasteiger partial charge in [-0.2, -0.15) is 0 Å². The minimum atomic E-state index is 0.321. The quantitative estimate of drug-likeness (QED) is 0.848. The standard InChI is InChI=1S/C18H22N2S/c1-14(2)19-18(21)20(13-16-7-5-4-6-8-16)17-11-9-15(3)10-12-17/h4-12,14H,13H2,1-3H3,(H,19,21). The van der Waals surface area contributed by atoms with Gasteiger partial charge in [0.1, 0.15) is 0 Å². The second-order valence-electron chi connectivity index (χ2n) is 5.51. The van der Waals surface area contributed by atoms with Gasteiger partial charge < -0.3 is 10.2 Å². The van der Waals surface area contributed by atoms with Crippen LogP contribution in [0.15, 0.2) is 54.6 Å². The van der Waals surface area contributed by atoms with E-state index in [1.54, 1.807) is 0 Å². The van der Waals surface area contributed by atoms with Crippen molar-refractivity contribution in [2.24, 2.45) is 0 Å². The summed E-state index contributed by atoms with van der Waals surface area (Å²) in [6.07, 6.45) is 0. The van der Waals surface area contributed by atoms with Gasteiger partial charge in [0.15, 0.2) is 5.11 Å². The molecule has 0 saturated carbocycles. The Morgan fingerprint density at radius 1 is 1.05 bits per heavy atom. The maximum absolute atomic E-state index is 5.58. The lowest BCUT2D eigenvalue weighted by Crippen LogP contribution is -2.42. The molecule has 0 aliphatic carbocycles. The summed E-state index contributed by atoms with van der Waals surface area (Å²) in [5, 5.41) is 4.10. The third-order valence-corrected chi connectivity index (χ3v) is 3.52. The molecule has 0 atom stereocenters. The van der Waals surface area contributed by atoms with Crippen molar-refractivity contribution >= 4 is 23.0 Å². The van der Waals surface area contributed by atoms with Crippen molar-refractivity contribution in [1.82, 2.24) is 5.32 Å². The number of hydrogen-bond acceptors (Lipinski definition) is 1. The van der Waals surface area contributed by atoms with Crippen LogP contribution in [0.25, 0.3) is 0 Å². The predicted molar refractivity (Wildman–Crippen MR) is 94.7 cm³/mol. The first-order valence-electron chi connectivity index (χ1n) is 7.25. The van der Waals surface area contributed by atoms with Gasteiger partial charge in [-0.25, -0.2) is 0 Å². The first-order chi connectivity index (χ1) is 10.1. The van der Waals surface area contributed by atoms with Gasteiger partial charge in [-0.3, -0.25) is 0 Å². The third kappa shape index (κ3) is 4.57. The van der Waals surface area contributed by atoms with Crippen LogP contribution in [0.5, 0.6) is 0 Å². The summed E-state index contributed by atoms with van der Waals surface area (Å²) in [6.45, 7) is 7.06. The second kappa shape index (κ2) is 7.23. The molecule has 0 saturated heterocycles. The highest BCUT2D eigenvalue weighted by Crippen LogP contribution is 2.18. The molecule has 0 unspecified atom stereocenters. The molecule has 0 heterocycles. The number of nitrogens with one attached hydrogen (secondary N) is 1. The van der Waals surface area contributed by atoms with Crippen LogP contribution in [-0.4, -0.2) is 11.2 Å². The topological polar surface area (TPSA) is 15.3 Å². The van der Waals surface area contributed by atoms with E-state index in [0.717, 1.165) is 17.3 Å². The van der Waals surface area contributed by atoms with Gasteiger partial charge in [-0.1, -0.05) is 48.0 Å². The molecule has 3 heteroatoms. The highest BCUT2D eigenvalue weighted by Gasteiger charge is 2.13. The van der Waals surface area contributed by atoms with Crippen LogP contribution in [0, 0.1) is 6.92 Å². The lowest BCUT2D eigenvalue weighted by atomic mass is 10.2. The first kappa shape index (κ1) is 15.5. The molecule has 0 fully saturated rings. The first-order valence-corrected chi connectivity index (χ1v) is 7.65. The Bertz CT molecular complexity index is 576. The lowest BCUT2D eigenvalue weighted by molar-refractivity contribution is 0.726. The van der Waals surface area contributed by atoms with Gasteiger partial charge in [0, 0.05) is 11.7 Å². The monoisotopic (exact) mass is 298 g/mol. The molecular formula is C18H22N2S. The molecule has 0 aliphatic heterocycles. The Kier molecular flexibility index (Phi) is 5.34. The Morgan fingerprint density at radius 3 is 2.24 bits per heavy atom. The van der Waals surface area contributed by atoms with Crippen molar-refractivity contribution in [3.63, 3.8) is 0 Å². The van der Waals surface area contributed by atoms with Gasteiger partial charge in [0.2, 0.25) is 0 Å². The van der Waals surface area contributed by atoms with Crippen LogP contribution >= 0.6 is 12.2 Å². The fraction of sp³-hybridized carbons (Fsp3) is 0.278. The zero-order valence-electron chi connectivity index (χ0n) is 12.8. The van der Waals surface area contributed by atoms with Crippen LogP contribution < -0.4 is 10.2 Å². The number of benzene rings is 2. The molecule has 0 aliphatic rings. The minimum absolute atomic E-state index is 0.321. The van der Waals surface area contributed by atoms with Crippen LogP contribution in [0.2, 0.25) is 0 Å². The Balaban J connectivity index is 2.25. The van der Waals surface area contributed by atoms with Crippen molar-refractivity contribution in [2.45, 2.75) is 33.4 Å². The highest BCUT2D eigenvalue weighted by atomic mass is 32.1. The zero-order valence-corrected chi connectivity index (χ0v) is 13.7. The van der Waals surface area contributed by atoms with E-state index in [4.69, 9.17) is 12.2 Å². The Morgan fingerprint density at radius 2 is 1.67 bits per heavy atom. The van der Waals surface area contributed by atoms with Gasteiger partial charge in [-0.15, -0.1) is 0 Å². The Hall–Kier alpha value is -1.87. The fourth-order valence-corrected chi connectivity index (χ4v) is 2.50. The molecule has 2 nitrogen and oxygen atoms in total. The molecule has 0 bridgehead atoms. The number of hydrogen-bond donors (Lipinski definition) is 1. The van der Waals surface area contributed by atoms with E-state index in [1.807, 2.05) is 6.07 Å². The molecule has 2 aromatic rings. The van der Waals surface area contributed by atoms with Crippen molar-refractivity contribution in [3.8, 4) is 0 Å². The van der Waals surface area contributed by atoms with E-state index in [2.05, 4.69) is 79.5 Å². The molecule has 2 aromatic carbocycles. The van der Waals surface area contributed by atoms with Crippen LogP contribution in [0.4, 0.5) is 5.69 Å². The summed E-state index contributed by atoms with van der Waals surface area (Å²) in [6, 6.07) is 19.2. The van der Waals surface area contributed by atoms with Crippen molar-refractivity contribution < 1.29 is 0 Å². The fourth-order valence-electron chi connectivity index (χ4n) is 2.10. The van der Waals surface area contributed by atoms with E-state index in [1.165, 1.54) is 11.1 Å². The molecule has 0 amide bonds. The van der Waals surface area contributed by atoms with Crippen molar-refractivity contribution in [3.05, 3.63) is 65.7 Å². The minimum Gasteiger partial charge on any atom is -0.360 e. The van der Waals surface area contributed by atoms with E-state index in [0.29, 0.717) is 6.04 Å². The maximum Gasteiger partial charge on any atom is 0.173 e. The largest absolute Gasteiger partial charge is 0.360 e. The molecular weight excluding hydrogens is 276 g/mol. The number of anilines is 1. The number of rotatable bonds is 4. The predicted octanol–water partition coefficient (Wildman–Crippen LogP) is 4.28. The zero-order chi connectivity index (χ0) is 15.2. The van der Waals surface area contributed by atoms with Crippen LogP contribution in [-0.2, 0) is 6.54 Å². The summed E-state index contributed by atoms with van der Waals surface area (Å²) in [4.78, 5) is 2.14. The average molecular weight is 298 g/mol. The van der Waals surface area contributed by atoms with Crippen molar-refractivity contribution in [2.75, 3.05) is 4.90 Å². The van der Waals surface area contributed by atoms with Gasteiger partial charge in [-0.05, 0) is 50.7 Å². The molecule has 0 spiro atoms. The molecule has 110 valence electrons. The van der Waals surface area contributed by atoms with E-state index in [9.17, 15) is 0 Å². The number of nitrogens with zero attached hydrogens (tertiary/aromatic N) is 1. The summed E-state index contributed by atoms with van der Waals surface area (Å²) in [5.41, 5.74) is 3.61. The van der Waals surface area contributed by atoms with Gasteiger partial charge in [0.25, 0.3) is 0 Å². The van der Waals surface area contributed by atoms with E-state index < -0.39 is 0 Å². The molecule has 21 heavy (non-hydrogen) atoms. The smallest absolute Gasteiger partial charge is 0.173 e. The molecule has 0 aromatic heterocycles. The van der Waals surface area contributed by atoms with Crippen LogP contribution in [0.3, 0.4) is 0 Å². The molecule has 0 radical (unpaired) electrons.